The van der Waals surface area contributed by atoms with E-state index >= 15 is 0 Å². The third-order valence-corrected chi connectivity index (χ3v) is 16.2. The Labute approximate surface area is 330 Å². The highest BCUT2D eigenvalue weighted by Crippen LogP contribution is 2.70. The van der Waals surface area contributed by atoms with Crippen LogP contribution in [0.3, 0.4) is 0 Å². The molecule has 8 rings (SSSR count). The van der Waals surface area contributed by atoms with E-state index in [0.717, 1.165) is 44.1 Å². The Bertz CT molecular complexity index is 1440. The van der Waals surface area contributed by atoms with E-state index in [1.807, 2.05) is 13.8 Å². The Morgan fingerprint density at radius 1 is 0.732 bits per heavy atom. The number of esters is 1. The summed E-state index contributed by atoms with van der Waals surface area (Å²) in [5.41, 5.74) is -0.876. The van der Waals surface area contributed by atoms with Crippen molar-refractivity contribution in [3.8, 4) is 0 Å². The maximum absolute atomic E-state index is 12.6. The lowest BCUT2D eigenvalue weighted by molar-refractivity contribution is -0.336. The lowest BCUT2D eigenvalue weighted by Gasteiger charge is -2.65. The van der Waals surface area contributed by atoms with E-state index in [2.05, 4.69) is 6.92 Å². The molecule has 7 fully saturated rings. The van der Waals surface area contributed by atoms with Crippen LogP contribution in [-0.2, 0) is 42.7 Å². The molecule has 0 aromatic heterocycles. The first-order valence-corrected chi connectivity index (χ1v) is 21.3. The quantitative estimate of drug-likeness (QED) is 0.178. The van der Waals surface area contributed by atoms with Crippen LogP contribution < -0.4 is 0 Å². The monoisotopic (exact) mass is 794 g/mol. The topological polar surface area (TPSA) is 192 Å². The molecule has 14 heteroatoms. The van der Waals surface area contributed by atoms with Crippen LogP contribution in [0.25, 0.3) is 0 Å². The summed E-state index contributed by atoms with van der Waals surface area (Å²) >= 11 is 0. The first kappa shape index (κ1) is 41.5. The van der Waals surface area contributed by atoms with Gasteiger partial charge in [-0.25, -0.2) is 4.79 Å². The molecule has 4 heterocycles. The third kappa shape index (κ3) is 7.02. The predicted molar refractivity (Wildman–Crippen MR) is 197 cm³/mol. The van der Waals surface area contributed by atoms with Crippen molar-refractivity contribution in [1.82, 2.24) is 0 Å². The SMILES string of the molecule is COC1CC(OC2C(O)CC(OC3C(O)CC(OC4CCC5(C)C(CCC6C5CC(O)C5(C)C(C7=CC(=O)OC7)CCC65O)C4)OC3C)OC2C)OC(C)C1O. The standard InChI is InChI=1S/C42H66O14/c1-20-37(47)31(49-6)18-36(51-20)56-39-22(3)53-35(17-30(39)44)55-38-21(2)52-34(16-29(38)43)54-25-9-11-40(4)24(14-25)7-8-27-28(40)15-32(45)41(5)26(10-12-42(27,41)48)23-13-33(46)50-19-23/h13,20-22,24-32,34-39,43-45,47-48H,7-12,14-19H2,1-6H3. The number of aliphatic hydroxyl groups excluding tert-OH is 4. The van der Waals surface area contributed by atoms with Crippen LogP contribution in [0.15, 0.2) is 11.6 Å². The second-order valence-electron chi connectivity index (χ2n) is 19.0. The number of ether oxygens (including phenoxy) is 8. The highest BCUT2D eigenvalue weighted by atomic mass is 16.7. The Morgan fingerprint density at radius 3 is 1.96 bits per heavy atom. The van der Waals surface area contributed by atoms with E-state index in [-0.39, 0.29) is 54.7 Å². The molecule has 0 radical (unpaired) electrons. The van der Waals surface area contributed by atoms with Gasteiger partial charge in [-0.1, -0.05) is 13.8 Å². The van der Waals surface area contributed by atoms with Crippen LogP contribution in [0, 0.1) is 34.5 Å². The van der Waals surface area contributed by atoms with Gasteiger partial charge in [-0.2, -0.15) is 0 Å². The number of fused-ring (bicyclic) bond motifs is 5. The van der Waals surface area contributed by atoms with Crippen molar-refractivity contribution in [2.45, 2.75) is 197 Å². The van der Waals surface area contributed by atoms with Gasteiger partial charge in [-0.15, -0.1) is 0 Å². The van der Waals surface area contributed by atoms with Crippen molar-refractivity contribution in [3.63, 3.8) is 0 Å². The van der Waals surface area contributed by atoms with Gasteiger partial charge in [0.2, 0.25) is 0 Å². The van der Waals surface area contributed by atoms with Crippen LogP contribution in [0.2, 0.25) is 0 Å². The van der Waals surface area contributed by atoms with Gasteiger partial charge in [-0.05, 0) is 107 Å². The fourth-order valence-corrected chi connectivity index (χ4v) is 13.0. The van der Waals surface area contributed by atoms with Gasteiger partial charge in [0, 0.05) is 37.9 Å². The van der Waals surface area contributed by atoms with E-state index in [4.69, 9.17) is 37.9 Å². The second kappa shape index (κ2) is 15.6. The summed E-state index contributed by atoms with van der Waals surface area (Å²) in [6.45, 7) is 10.1. The molecule has 4 aliphatic heterocycles. The fraction of sp³-hybridized carbons (Fsp3) is 0.929. The van der Waals surface area contributed by atoms with Gasteiger partial charge in [-0.3, -0.25) is 0 Å². The van der Waals surface area contributed by atoms with E-state index in [1.165, 1.54) is 7.11 Å². The van der Waals surface area contributed by atoms with Gasteiger partial charge >= 0.3 is 5.97 Å². The number of rotatable bonds is 8. The maximum Gasteiger partial charge on any atom is 0.331 e. The van der Waals surface area contributed by atoms with Gasteiger partial charge in [0.1, 0.15) is 24.9 Å². The number of carbonyl (C=O) groups is 1. The average Bonchev–Trinajstić information content (AvgIpc) is 3.70. The molecule has 21 atom stereocenters. The van der Waals surface area contributed by atoms with Crippen molar-refractivity contribution in [2.75, 3.05) is 13.7 Å². The molecule has 4 saturated carbocycles. The molecule has 21 unspecified atom stereocenters. The Hall–Kier alpha value is -1.27. The normalized spacial score (nSPS) is 54.8. The van der Waals surface area contributed by atoms with Crippen LogP contribution in [0.4, 0.5) is 0 Å². The number of hydrogen-bond donors (Lipinski definition) is 5. The summed E-state index contributed by atoms with van der Waals surface area (Å²) in [5, 5.41) is 57.2. The molecular weight excluding hydrogens is 728 g/mol. The van der Waals surface area contributed by atoms with Gasteiger partial charge in [0.15, 0.2) is 18.9 Å². The number of hydrogen-bond acceptors (Lipinski definition) is 14. The molecule has 4 aliphatic carbocycles. The summed E-state index contributed by atoms with van der Waals surface area (Å²) in [5.74, 6) is 0.225. The summed E-state index contributed by atoms with van der Waals surface area (Å²) in [7, 11) is 1.54. The van der Waals surface area contributed by atoms with Gasteiger partial charge < -0.3 is 63.4 Å². The fourth-order valence-electron chi connectivity index (χ4n) is 13.0. The van der Waals surface area contributed by atoms with Crippen molar-refractivity contribution < 1.29 is 68.2 Å². The van der Waals surface area contributed by atoms with E-state index < -0.39 is 90.9 Å². The zero-order valence-corrected chi connectivity index (χ0v) is 33.9. The van der Waals surface area contributed by atoms with E-state index in [9.17, 15) is 30.3 Å². The van der Waals surface area contributed by atoms with Crippen molar-refractivity contribution in [2.24, 2.45) is 34.5 Å². The number of cyclic esters (lactones) is 1. The first-order chi connectivity index (χ1) is 26.5. The van der Waals surface area contributed by atoms with Crippen molar-refractivity contribution in [3.05, 3.63) is 11.6 Å². The van der Waals surface area contributed by atoms with Crippen LogP contribution in [0.1, 0.15) is 105 Å². The van der Waals surface area contributed by atoms with Crippen LogP contribution in [-0.4, -0.2) is 137 Å². The maximum atomic E-state index is 12.6. The number of carbonyl (C=O) groups excluding carboxylic acids is 1. The summed E-state index contributed by atoms with van der Waals surface area (Å²) in [6.07, 6.45) is 0.0983. The minimum atomic E-state index is -1.01. The molecular formula is C42H66O14. The molecule has 0 aromatic rings. The smallest absolute Gasteiger partial charge is 0.331 e. The molecule has 0 spiro atoms. The minimum Gasteiger partial charge on any atom is -0.458 e. The van der Waals surface area contributed by atoms with Gasteiger partial charge in [0.05, 0.1) is 54.4 Å². The Kier molecular flexibility index (Phi) is 11.6. The summed E-state index contributed by atoms with van der Waals surface area (Å²) in [4.78, 5) is 12.0. The number of aliphatic hydroxyl groups is 5. The van der Waals surface area contributed by atoms with Crippen LogP contribution >= 0.6 is 0 Å². The molecule has 3 saturated heterocycles. The molecule has 0 aromatic carbocycles. The molecule has 0 bridgehead atoms. The van der Waals surface area contributed by atoms with Crippen molar-refractivity contribution in [1.29, 1.82) is 0 Å². The molecule has 56 heavy (non-hydrogen) atoms. The highest BCUT2D eigenvalue weighted by Gasteiger charge is 2.71. The first-order valence-electron chi connectivity index (χ1n) is 21.3. The van der Waals surface area contributed by atoms with E-state index in [0.29, 0.717) is 25.2 Å². The molecule has 0 amide bonds. The highest BCUT2D eigenvalue weighted by molar-refractivity contribution is 5.85. The summed E-state index contributed by atoms with van der Waals surface area (Å²) < 4.78 is 47.9. The predicted octanol–water partition coefficient (Wildman–Crippen LogP) is 2.87. The van der Waals surface area contributed by atoms with Crippen LogP contribution in [0.5, 0.6) is 0 Å². The molecule has 318 valence electrons. The zero-order valence-electron chi connectivity index (χ0n) is 33.9. The number of methoxy groups -OCH3 is 1. The minimum absolute atomic E-state index is 0.0377. The lowest BCUT2D eigenvalue weighted by atomic mass is 9.42. The average molecular weight is 795 g/mol. The largest absolute Gasteiger partial charge is 0.458 e. The molecule has 8 aliphatic rings. The van der Waals surface area contributed by atoms with E-state index in [1.54, 1.807) is 19.9 Å². The third-order valence-electron chi connectivity index (χ3n) is 16.2. The zero-order chi connectivity index (χ0) is 39.9. The molecule has 14 nitrogen and oxygen atoms in total. The second-order valence-corrected chi connectivity index (χ2v) is 19.0. The summed E-state index contributed by atoms with van der Waals surface area (Å²) in [6, 6.07) is 0. The van der Waals surface area contributed by atoms with Crippen molar-refractivity contribution >= 4 is 5.97 Å². The Morgan fingerprint density at radius 2 is 1.36 bits per heavy atom. The lowest BCUT2D eigenvalue weighted by Crippen LogP contribution is -2.67. The molecule has 5 N–H and O–H groups in total. The Balaban J connectivity index is 0.834. The van der Waals surface area contributed by atoms with Gasteiger partial charge in [0.25, 0.3) is 0 Å².